The van der Waals surface area contributed by atoms with Crippen LogP contribution in [-0.2, 0) is 13.6 Å². The summed E-state index contributed by atoms with van der Waals surface area (Å²) in [5.41, 5.74) is 12.5. The van der Waals surface area contributed by atoms with Gasteiger partial charge >= 0.3 is 0 Å². The molecule has 0 atom stereocenters. The van der Waals surface area contributed by atoms with Gasteiger partial charge in [-0.25, -0.2) is 4.98 Å². The molecule has 0 unspecified atom stereocenters. The quantitative estimate of drug-likeness (QED) is 0.241. The number of hydrogen-bond donors (Lipinski definition) is 3. The number of nitrogens with zero attached hydrogens (tertiary/aromatic N) is 3. The highest BCUT2D eigenvalue weighted by molar-refractivity contribution is 9.10. The first-order chi connectivity index (χ1) is 17.0. The number of carbonyl (C=O) groups is 1. The lowest BCUT2D eigenvalue weighted by molar-refractivity contribution is 0.102. The molecule has 35 heavy (non-hydrogen) atoms. The number of para-hydroxylation sites is 2. The van der Waals surface area contributed by atoms with Crippen molar-refractivity contribution in [3.05, 3.63) is 101 Å². The van der Waals surface area contributed by atoms with Gasteiger partial charge < -0.3 is 20.9 Å². The minimum atomic E-state index is -0.195. The predicted octanol–water partition coefficient (Wildman–Crippen LogP) is 5.84. The Hall–Kier alpha value is -4.17. The summed E-state index contributed by atoms with van der Waals surface area (Å²) < 4.78 is 2.98. The molecule has 4 N–H and O–H groups in total. The molecule has 0 spiro atoms. The van der Waals surface area contributed by atoms with Crippen LogP contribution in [0, 0.1) is 0 Å². The highest BCUT2D eigenvalue weighted by Gasteiger charge is 2.12. The van der Waals surface area contributed by atoms with Gasteiger partial charge in [-0.3, -0.25) is 9.78 Å². The first-order valence-electron chi connectivity index (χ1n) is 11.0. The molecule has 0 aliphatic carbocycles. The number of nitrogen functional groups attached to an aromatic ring is 1. The maximum absolute atomic E-state index is 12.5. The van der Waals surface area contributed by atoms with Crippen LogP contribution in [0.15, 0.2) is 89.7 Å². The predicted molar refractivity (Wildman–Crippen MR) is 144 cm³/mol. The number of anilines is 3. The highest BCUT2D eigenvalue weighted by Crippen LogP contribution is 2.27. The molecule has 0 aliphatic heterocycles. The second kappa shape index (κ2) is 9.60. The van der Waals surface area contributed by atoms with Crippen LogP contribution in [0.3, 0.4) is 0 Å². The number of imidazole rings is 1. The molecule has 0 saturated heterocycles. The lowest BCUT2D eigenvalue weighted by Crippen LogP contribution is -2.13. The van der Waals surface area contributed by atoms with E-state index in [-0.39, 0.29) is 5.91 Å². The number of carbonyl (C=O) groups excluding carboxylic acids is 1. The number of fused-ring (bicyclic) bond motifs is 1. The van der Waals surface area contributed by atoms with Crippen molar-refractivity contribution in [3.8, 4) is 11.4 Å². The second-order valence-corrected chi connectivity index (χ2v) is 9.10. The van der Waals surface area contributed by atoms with Crippen LogP contribution in [0.2, 0.25) is 0 Å². The molecular weight excluding hydrogens is 504 g/mol. The topological polar surface area (TPSA) is 97.9 Å². The Balaban J connectivity index is 1.27. The largest absolute Gasteiger partial charge is 0.397 e. The summed E-state index contributed by atoms with van der Waals surface area (Å²) in [5, 5.41) is 6.29. The molecule has 2 heterocycles. The van der Waals surface area contributed by atoms with Gasteiger partial charge in [0.25, 0.3) is 5.91 Å². The van der Waals surface area contributed by atoms with E-state index >= 15 is 0 Å². The number of rotatable bonds is 6. The molecule has 0 radical (unpaired) electrons. The van der Waals surface area contributed by atoms with Gasteiger partial charge in [0, 0.05) is 47.3 Å². The molecule has 1 amide bonds. The zero-order valence-corrected chi connectivity index (χ0v) is 20.6. The lowest BCUT2D eigenvalue weighted by atomic mass is 10.1. The van der Waals surface area contributed by atoms with E-state index in [0.717, 1.165) is 38.1 Å². The van der Waals surface area contributed by atoms with E-state index in [9.17, 15) is 4.79 Å². The SMILES string of the molecule is Cn1c(-c2cncc(Br)c2)nc2cc(NCc3ccc(C(=O)Nc4ccccc4N)cc3)ccc21. The Labute approximate surface area is 211 Å². The van der Waals surface area contributed by atoms with Crippen LogP contribution in [0.25, 0.3) is 22.4 Å². The monoisotopic (exact) mass is 526 g/mol. The fraction of sp³-hybridized carbons (Fsp3) is 0.0741. The number of amides is 1. The molecule has 8 heteroatoms. The van der Waals surface area contributed by atoms with Crippen molar-refractivity contribution >= 4 is 49.9 Å². The summed E-state index contributed by atoms with van der Waals surface area (Å²) in [6.07, 6.45) is 3.57. The normalized spacial score (nSPS) is 10.9. The zero-order chi connectivity index (χ0) is 24.4. The fourth-order valence-electron chi connectivity index (χ4n) is 3.89. The Morgan fingerprint density at radius 3 is 2.60 bits per heavy atom. The van der Waals surface area contributed by atoms with Gasteiger partial charge in [-0.05, 0) is 70.0 Å². The first kappa shape index (κ1) is 22.6. The molecular formula is C27H23BrN6O. The van der Waals surface area contributed by atoms with Crippen LogP contribution in [0.5, 0.6) is 0 Å². The van der Waals surface area contributed by atoms with Gasteiger partial charge in [0.15, 0.2) is 0 Å². The van der Waals surface area contributed by atoms with Crippen LogP contribution >= 0.6 is 15.9 Å². The van der Waals surface area contributed by atoms with Crippen LogP contribution in [0.1, 0.15) is 15.9 Å². The number of hydrogen-bond acceptors (Lipinski definition) is 5. The zero-order valence-electron chi connectivity index (χ0n) is 19.0. The molecule has 0 saturated carbocycles. The van der Waals surface area contributed by atoms with E-state index in [1.807, 2.05) is 67.8 Å². The minimum absolute atomic E-state index is 0.195. The van der Waals surface area contributed by atoms with Crippen molar-refractivity contribution in [2.75, 3.05) is 16.4 Å². The number of nitrogens with two attached hydrogens (primary N) is 1. The minimum Gasteiger partial charge on any atom is -0.397 e. The standard InChI is InChI=1S/C27H23BrN6O/c1-34-25-11-10-21(13-24(25)32-26(34)19-12-20(28)16-30-15-19)31-14-17-6-8-18(9-7-17)27(35)33-23-5-3-2-4-22(23)29/h2-13,15-16,31H,14,29H2,1H3,(H,33,35). The molecule has 7 nitrogen and oxygen atoms in total. The number of nitrogens with one attached hydrogen (secondary N) is 2. The fourth-order valence-corrected chi connectivity index (χ4v) is 4.25. The van der Waals surface area contributed by atoms with Crippen LogP contribution < -0.4 is 16.4 Å². The van der Waals surface area contributed by atoms with Crippen molar-refractivity contribution in [2.45, 2.75) is 6.54 Å². The Morgan fingerprint density at radius 2 is 1.83 bits per heavy atom. The number of benzene rings is 3. The number of aryl methyl sites for hydroxylation is 1. The summed E-state index contributed by atoms with van der Waals surface area (Å²) in [5.74, 6) is 0.663. The van der Waals surface area contributed by atoms with E-state index in [1.165, 1.54) is 0 Å². The molecule has 5 rings (SSSR count). The third kappa shape index (κ3) is 4.88. The summed E-state index contributed by atoms with van der Waals surface area (Å²) in [6, 6.07) is 22.8. The van der Waals surface area contributed by atoms with Gasteiger partial charge in [-0.2, -0.15) is 0 Å². The summed E-state index contributed by atoms with van der Waals surface area (Å²) in [4.78, 5) is 21.6. The maximum atomic E-state index is 12.5. The Kier molecular flexibility index (Phi) is 6.20. The van der Waals surface area contributed by atoms with E-state index in [0.29, 0.717) is 23.5 Å². The van der Waals surface area contributed by atoms with Crippen molar-refractivity contribution < 1.29 is 4.79 Å². The molecule has 0 aliphatic rings. The average Bonchev–Trinajstić information content (AvgIpc) is 3.20. The lowest BCUT2D eigenvalue weighted by Gasteiger charge is -2.09. The molecule has 5 aromatic rings. The van der Waals surface area contributed by atoms with Gasteiger partial charge in [0.2, 0.25) is 0 Å². The smallest absolute Gasteiger partial charge is 0.255 e. The number of halogens is 1. The van der Waals surface area contributed by atoms with E-state index < -0.39 is 0 Å². The maximum Gasteiger partial charge on any atom is 0.255 e. The van der Waals surface area contributed by atoms with Crippen molar-refractivity contribution in [1.82, 2.24) is 14.5 Å². The Morgan fingerprint density at radius 1 is 1.03 bits per heavy atom. The van der Waals surface area contributed by atoms with Crippen molar-refractivity contribution in [2.24, 2.45) is 7.05 Å². The third-order valence-electron chi connectivity index (χ3n) is 5.77. The second-order valence-electron chi connectivity index (χ2n) is 8.18. The van der Waals surface area contributed by atoms with Gasteiger partial charge in [-0.1, -0.05) is 24.3 Å². The van der Waals surface area contributed by atoms with Gasteiger partial charge in [0.1, 0.15) is 5.82 Å². The van der Waals surface area contributed by atoms with Crippen LogP contribution in [0.4, 0.5) is 17.1 Å². The van der Waals surface area contributed by atoms with E-state index in [1.54, 1.807) is 18.3 Å². The summed E-state index contributed by atoms with van der Waals surface area (Å²) >= 11 is 3.48. The summed E-state index contributed by atoms with van der Waals surface area (Å²) in [6.45, 7) is 0.619. The molecule has 0 fully saturated rings. The van der Waals surface area contributed by atoms with Crippen molar-refractivity contribution in [3.63, 3.8) is 0 Å². The first-order valence-corrected chi connectivity index (χ1v) is 11.8. The van der Waals surface area contributed by atoms with E-state index in [2.05, 4.69) is 42.2 Å². The average molecular weight is 527 g/mol. The number of pyridine rings is 1. The van der Waals surface area contributed by atoms with Crippen molar-refractivity contribution in [1.29, 1.82) is 0 Å². The number of aromatic nitrogens is 3. The molecule has 2 aromatic heterocycles. The third-order valence-corrected chi connectivity index (χ3v) is 6.20. The van der Waals surface area contributed by atoms with Gasteiger partial charge in [-0.15, -0.1) is 0 Å². The Bertz CT molecular complexity index is 1530. The van der Waals surface area contributed by atoms with Crippen LogP contribution in [-0.4, -0.2) is 20.4 Å². The summed E-state index contributed by atoms with van der Waals surface area (Å²) in [7, 11) is 2.00. The molecule has 0 bridgehead atoms. The highest BCUT2D eigenvalue weighted by atomic mass is 79.9. The molecule has 3 aromatic carbocycles. The van der Waals surface area contributed by atoms with E-state index in [4.69, 9.17) is 10.7 Å². The van der Waals surface area contributed by atoms with Gasteiger partial charge in [0.05, 0.1) is 22.4 Å². The molecule has 174 valence electrons.